The van der Waals surface area contributed by atoms with Gasteiger partial charge >= 0.3 is 0 Å². The molecule has 2 aliphatic rings. The van der Waals surface area contributed by atoms with Crippen molar-refractivity contribution in [2.75, 3.05) is 0 Å². The highest BCUT2D eigenvalue weighted by atomic mass is 14.9. The van der Waals surface area contributed by atoms with Crippen molar-refractivity contribution in [3.63, 3.8) is 0 Å². The van der Waals surface area contributed by atoms with Gasteiger partial charge in [-0.3, -0.25) is 0 Å². The highest BCUT2D eigenvalue weighted by molar-refractivity contribution is 5.77. The molecule has 2 atom stereocenters. The lowest BCUT2D eigenvalue weighted by molar-refractivity contribution is 0.168. The molecule has 2 heteroatoms. The van der Waals surface area contributed by atoms with Gasteiger partial charge in [-0.05, 0) is 55.4 Å². The SMILES string of the molecule is Cc1cc2nc3c(nc2cc1C)C1(C)CCC3(C)C1(C)C. The van der Waals surface area contributed by atoms with Gasteiger partial charge in [0.2, 0.25) is 0 Å². The molecule has 2 aromatic rings. The van der Waals surface area contributed by atoms with Gasteiger partial charge in [0.1, 0.15) is 0 Å². The molecule has 1 aromatic carbocycles. The average Bonchev–Trinajstić information content (AvgIpc) is 2.67. The van der Waals surface area contributed by atoms with Crippen molar-refractivity contribution < 1.29 is 0 Å². The molecule has 110 valence electrons. The van der Waals surface area contributed by atoms with Crippen molar-refractivity contribution in [1.82, 2.24) is 9.97 Å². The van der Waals surface area contributed by atoms with Gasteiger partial charge < -0.3 is 0 Å². The maximum atomic E-state index is 5.09. The van der Waals surface area contributed by atoms with Crippen LogP contribution in [0, 0.1) is 19.3 Å². The Kier molecular flexibility index (Phi) is 2.19. The molecular weight excluding hydrogens is 256 g/mol. The van der Waals surface area contributed by atoms with E-state index in [0.717, 1.165) is 11.0 Å². The Morgan fingerprint density at radius 1 is 0.762 bits per heavy atom. The molecule has 1 fully saturated rings. The number of rotatable bonds is 0. The topological polar surface area (TPSA) is 25.8 Å². The third-order valence-electron chi connectivity index (χ3n) is 7.21. The van der Waals surface area contributed by atoms with E-state index < -0.39 is 0 Å². The fourth-order valence-corrected chi connectivity index (χ4v) is 4.64. The molecular formula is C19H24N2. The molecule has 0 aliphatic heterocycles. The van der Waals surface area contributed by atoms with Gasteiger partial charge in [0.25, 0.3) is 0 Å². The second-order valence-corrected chi connectivity index (χ2v) is 8.14. The number of hydrogen-bond acceptors (Lipinski definition) is 2. The van der Waals surface area contributed by atoms with Crippen LogP contribution < -0.4 is 0 Å². The molecule has 2 nitrogen and oxygen atoms in total. The van der Waals surface area contributed by atoms with Crippen molar-refractivity contribution in [2.24, 2.45) is 5.41 Å². The van der Waals surface area contributed by atoms with Crippen LogP contribution in [0.1, 0.15) is 63.1 Å². The van der Waals surface area contributed by atoms with Gasteiger partial charge in [-0.25, -0.2) is 9.97 Å². The molecule has 1 saturated carbocycles. The fraction of sp³-hybridized carbons (Fsp3) is 0.579. The smallest absolute Gasteiger partial charge is 0.0893 e. The molecule has 0 saturated heterocycles. The van der Waals surface area contributed by atoms with E-state index >= 15 is 0 Å². The number of fused-ring (bicyclic) bond motifs is 6. The van der Waals surface area contributed by atoms with Crippen molar-refractivity contribution in [1.29, 1.82) is 0 Å². The van der Waals surface area contributed by atoms with Crippen LogP contribution in [-0.4, -0.2) is 9.97 Å². The zero-order valence-corrected chi connectivity index (χ0v) is 14.0. The lowest BCUT2D eigenvalue weighted by Crippen LogP contribution is -2.38. The first-order valence-electron chi connectivity index (χ1n) is 8.01. The summed E-state index contributed by atoms with van der Waals surface area (Å²) < 4.78 is 0. The average molecular weight is 280 g/mol. The Balaban J connectivity index is 2.10. The number of benzene rings is 1. The molecule has 2 aliphatic carbocycles. The highest BCUT2D eigenvalue weighted by Gasteiger charge is 2.67. The summed E-state index contributed by atoms with van der Waals surface area (Å²) in [6, 6.07) is 4.39. The Labute approximate surface area is 127 Å². The van der Waals surface area contributed by atoms with Gasteiger partial charge in [0, 0.05) is 10.8 Å². The molecule has 1 aromatic heterocycles. The zero-order valence-electron chi connectivity index (χ0n) is 14.0. The quantitative estimate of drug-likeness (QED) is 0.705. The summed E-state index contributed by atoms with van der Waals surface area (Å²) in [6.45, 7) is 13.9. The summed E-state index contributed by atoms with van der Waals surface area (Å²) in [5.74, 6) is 0. The maximum Gasteiger partial charge on any atom is 0.0893 e. The van der Waals surface area contributed by atoms with Crippen molar-refractivity contribution in [3.8, 4) is 0 Å². The molecule has 2 bridgehead atoms. The summed E-state index contributed by atoms with van der Waals surface area (Å²) in [6.07, 6.45) is 2.46. The largest absolute Gasteiger partial charge is 0.249 e. The number of aromatic nitrogens is 2. The van der Waals surface area contributed by atoms with E-state index in [0.29, 0.717) is 0 Å². The highest BCUT2D eigenvalue weighted by Crippen LogP contribution is 2.69. The number of nitrogens with zero attached hydrogens (tertiary/aromatic N) is 2. The minimum Gasteiger partial charge on any atom is -0.249 e. The van der Waals surface area contributed by atoms with Crippen LogP contribution in [-0.2, 0) is 10.8 Å². The summed E-state index contributed by atoms with van der Waals surface area (Å²) in [4.78, 5) is 10.2. The Morgan fingerprint density at radius 3 is 1.52 bits per heavy atom. The molecule has 0 N–H and O–H groups in total. The van der Waals surface area contributed by atoms with Crippen LogP contribution >= 0.6 is 0 Å². The second-order valence-electron chi connectivity index (χ2n) is 8.14. The van der Waals surface area contributed by atoms with Crippen molar-refractivity contribution >= 4 is 11.0 Å². The van der Waals surface area contributed by atoms with Gasteiger partial charge in [-0.15, -0.1) is 0 Å². The summed E-state index contributed by atoms with van der Waals surface area (Å²) in [7, 11) is 0. The fourth-order valence-electron chi connectivity index (χ4n) is 4.64. The van der Waals surface area contributed by atoms with E-state index in [9.17, 15) is 0 Å². The van der Waals surface area contributed by atoms with Crippen LogP contribution in [0.5, 0.6) is 0 Å². The van der Waals surface area contributed by atoms with Crippen LogP contribution in [0.3, 0.4) is 0 Å². The lowest BCUT2D eigenvalue weighted by atomic mass is 9.65. The molecule has 0 spiro atoms. The second kappa shape index (κ2) is 3.48. The molecule has 0 amide bonds. The molecule has 4 rings (SSSR count). The van der Waals surface area contributed by atoms with Crippen molar-refractivity contribution in [3.05, 3.63) is 34.6 Å². The van der Waals surface area contributed by atoms with Gasteiger partial charge in [0.15, 0.2) is 0 Å². The van der Waals surface area contributed by atoms with Gasteiger partial charge in [0.05, 0.1) is 22.4 Å². The minimum absolute atomic E-state index is 0.164. The van der Waals surface area contributed by atoms with Crippen LogP contribution in [0.25, 0.3) is 11.0 Å². The Hall–Kier alpha value is -1.44. The summed E-state index contributed by atoms with van der Waals surface area (Å²) in [5, 5.41) is 0. The predicted molar refractivity (Wildman–Crippen MR) is 86.7 cm³/mol. The summed E-state index contributed by atoms with van der Waals surface area (Å²) in [5.41, 5.74) is 7.80. The van der Waals surface area contributed by atoms with E-state index in [1.807, 2.05) is 0 Å². The number of aryl methyl sites for hydroxylation is 2. The molecule has 21 heavy (non-hydrogen) atoms. The van der Waals surface area contributed by atoms with Gasteiger partial charge in [-0.1, -0.05) is 27.7 Å². The van der Waals surface area contributed by atoms with E-state index in [1.54, 1.807) is 0 Å². The third-order valence-corrected chi connectivity index (χ3v) is 7.21. The third kappa shape index (κ3) is 1.26. The van der Waals surface area contributed by atoms with E-state index in [4.69, 9.17) is 9.97 Å². The Morgan fingerprint density at radius 2 is 1.14 bits per heavy atom. The standard InChI is InChI=1S/C19H24N2/c1-11-9-13-14(10-12(11)2)21-16-15(20-13)18(5)7-8-19(16,6)17(18,3)4/h9-10H,7-8H2,1-6H3. The number of hydrogen-bond donors (Lipinski definition) is 0. The Bertz CT molecular complexity index is 725. The monoisotopic (exact) mass is 280 g/mol. The summed E-state index contributed by atoms with van der Waals surface area (Å²) >= 11 is 0. The van der Waals surface area contributed by atoms with Crippen molar-refractivity contribution in [2.45, 2.75) is 65.2 Å². The predicted octanol–water partition coefficient (Wildman–Crippen LogP) is 4.60. The first-order valence-corrected chi connectivity index (χ1v) is 8.01. The molecule has 0 radical (unpaired) electrons. The van der Waals surface area contributed by atoms with Gasteiger partial charge in [-0.2, -0.15) is 0 Å². The zero-order chi connectivity index (χ0) is 15.2. The van der Waals surface area contributed by atoms with Crippen LogP contribution in [0.15, 0.2) is 12.1 Å². The lowest BCUT2D eigenvalue weighted by Gasteiger charge is -2.38. The van der Waals surface area contributed by atoms with Crippen LogP contribution in [0.4, 0.5) is 0 Å². The molecule has 1 heterocycles. The maximum absolute atomic E-state index is 5.09. The minimum atomic E-state index is 0.164. The molecule has 2 unspecified atom stereocenters. The first kappa shape index (κ1) is 13.2. The van der Waals surface area contributed by atoms with E-state index in [1.165, 1.54) is 35.4 Å². The van der Waals surface area contributed by atoms with E-state index in [2.05, 4.69) is 53.7 Å². The normalized spacial score (nSPS) is 32.7. The van der Waals surface area contributed by atoms with E-state index in [-0.39, 0.29) is 16.2 Å². The first-order chi connectivity index (χ1) is 9.71. The van der Waals surface area contributed by atoms with Crippen LogP contribution in [0.2, 0.25) is 0 Å².